The summed E-state index contributed by atoms with van der Waals surface area (Å²) in [6.45, 7) is 1.44. The molecule has 0 aromatic heterocycles. The maximum atomic E-state index is 13.1. The summed E-state index contributed by atoms with van der Waals surface area (Å²) in [5, 5.41) is 9.31. The molecule has 6 heteroatoms. The predicted molar refractivity (Wildman–Crippen MR) is 87.6 cm³/mol. The van der Waals surface area contributed by atoms with Crippen molar-refractivity contribution in [2.24, 2.45) is 5.41 Å². The van der Waals surface area contributed by atoms with Crippen molar-refractivity contribution in [1.82, 2.24) is 4.90 Å². The van der Waals surface area contributed by atoms with Gasteiger partial charge in [-0.05, 0) is 42.9 Å². The van der Waals surface area contributed by atoms with E-state index >= 15 is 0 Å². The second-order valence-electron chi connectivity index (χ2n) is 7.69. The van der Waals surface area contributed by atoms with Gasteiger partial charge in [-0.25, -0.2) is 4.39 Å². The van der Waals surface area contributed by atoms with E-state index < -0.39 is 17.0 Å². The van der Waals surface area contributed by atoms with Gasteiger partial charge in [0.2, 0.25) is 0 Å². The maximum absolute atomic E-state index is 13.1. The highest BCUT2D eigenvalue weighted by Crippen LogP contribution is 2.58. The maximum Gasteiger partial charge on any atom is 0.312 e. The zero-order valence-corrected chi connectivity index (χ0v) is 14.0. The molecule has 3 aliphatic heterocycles. The fourth-order valence-corrected chi connectivity index (χ4v) is 4.60. The lowest BCUT2D eigenvalue weighted by Gasteiger charge is -2.42. The molecule has 2 bridgehead atoms. The van der Waals surface area contributed by atoms with Gasteiger partial charge in [0.15, 0.2) is 0 Å². The van der Waals surface area contributed by atoms with Crippen LogP contribution >= 0.6 is 0 Å². The van der Waals surface area contributed by atoms with E-state index in [9.17, 15) is 19.1 Å². The Labute approximate surface area is 145 Å². The van der Waals surface area contributed by atoms with E-state index in [1.54, 1.807) is 0 Å². The Kier molecular flexibility index (Phi) is 3.83. The van der Waals surface area contributed by atoms with Crippen LogP contribution in [-0.4, -0.2) is 47.2 Å². The van der Waals surface area contributed by atoms with Gasteiger partial charge < -0.3 is 14.7 Å². The Hall–Kier alpha value is -1.95. The number of ether oxygens (including phenoxy) is 1. The van der Waals surface area contributed by atoms with Gasteiger partial charge in [0.05, 0.1) is 12.0 Å². The summed E-state index contributed by atoms with van der Waals surface area (Å²) in [5.74, 6) is -0.833. The number of carbonyl (C=O) groups is 2. The highest BCUT2D eigenvalue weighted by molar-refractivity contribution is 5.92. The molecule has 0 radical (unpaired) electrons. The smallest absolute Gasteiger partial charge is 0.312 e. The van der Waals surface area contributed by atoms with Crippen molar-refractivity contribution in [3.63, 3.8) is 0 Å². The standard InChI is InChI=1S/C19H22FNO4/c20-15-5-3-14(4-6-15)13-2-1-8-21(9-7-13)16(22)19-10-18(11-19,12-25-19)17(23)24/h3-6,13H,1-2,7-12H2,(H,23,24). The van der Waals surface area contributed by atoms with Crippen LogP contribution in [-0.2, 0) is 14.3 Å². The molecule has 4 aliphatic rings. The van der Waals surface area contributed by atoms with Gasteiger partial charge in [-0.1, -0.05) is 12.1 Å². The minimum Gasteiger partial charge on any atom is -0.481 e. The summed E-state index contributed by atoms with van der Waals surface area (Å²) in [7, 11) is 0. The van der Waals surface area contributed by atoms with Crippen molar-refractivity contribution in [2.75, 3.05) is 19.7 Å². The molecule has 0 spiro atoms. The minimum atomic E-state index is -0.909. The average Bonchev–Trinajstić information content (AvgIpc) is 3.05. The Morgan fingerprint density at radius 2 is 1.88 bits per heavy atom. The zero-order valence-electron chi connectivity index (χ0n) is 14.0. The van der Waals surface area contributed by atoms with Gasteiger partial charge in [0.1, 0.15) is 11.4 Å². The Morgan fingerprint density at radius 1 is 1.16 bits per heavy atom. The summed E-state index contributed by atoms with van der Waals surface area (Å²) in [5.41, 5.74) is -0.647. The highest BCUT2D eigenvalue weighted by atomic mass is 19.1. The molecule has 1 amide bonds. The molecule has 5 rings (SSSR count). The monoisotopic (exact) mass is 347 g/mol. The first-order chi connectivity index (χ1) is 11.9. The minimum absolute atomic E-state index is 0.0540. The number of hydrogen-bond acceptors (Lipinski definition) is 3. The number of halogens is 1. The number of nitrogens with zero attached hydrogens (tertiary/aromatic N) is 1. The molecule has 1 aliphatic carbocycles. The van der Waals surface area contributed by atoms with Crippen molar-refractivity contribution in [2.45, 2.75) is 43.6 Å². The number of fused-ring (bicyclic) bond motifs is 1. The van der Waals surface area contributed by atoms with E-state index in [4.69, 9.17) is 4.74 Å². The normalized spacial score (nSPS) is 34.3. The van der Waals surface area contributed by atoms with E-state index in [0.717, 1.165) is 24.8 Å². The van der Waals surface area contributed by atoms with E-state index in [2.05, 4.69) is 0 Å². The molecule has 1 unspecified atom stereocenters. The van der Waals surface area contributed by atoms with Gasteiger partial charge in [0, 0.05) is 25.9 Å². The molecule has 25 heavy (non-hydrogen) atoms. The van der Waals surface area contributed by atoms with Crippen molar-refractivity contribution in [1.29, 1.82) is 0 Å². The predicted octanol–water partition coefficient (Wildman–Crippen LogP) is 2.56. The van der Waals surface area contributed by atoms with Crippen molar-refractivity contribution in [3.8, 4) is 0 Å². The molecular weight excluding hydrogens is 325 g/mol. The third-order valence-electron chi connectivity index (χ3n) is 6.07. The topological polar surface area (TPSA) is 66.8 Å². The van der Waals surface area contributed by atoms with Crippen LogP contribution in [0.25, 0.3) is 0 Å². The Bertz CT molecular complexity index is 696. The number of aliphatic carboxylic acids is 1. The lowest BCUT2D eigenvalue weighted by atomic mass is 9.62. The first-order valence-corrected chi connectivity index (χ1v) is 8.86. The molecule has 4 fully saturated rings. The summed E-state index contributed by atoms with van der Waals surface area (Å²) in [6.07, 6.45) is 3.27. The quantitative estimate of drug-likeness (QED) is 0.912. The lowest BCUT2D eigenvalue weighted by Crippen LogP contribution is -2.58. The van der Waals surface area contributed by atoms with Crippen LogP contribution in [0.5, 0.6) is 0 Å². The summed E-state index contributed by atoms with van der Waals surface area (Å²) in [4.78, 5) is 26.1. The number of hydrogen-bond donors (Lipinski definition) is 1. The third kappa shape index (κ3) is 2.63. The van der Waals surface area contributed by atoms with Crippen LogP contribution in [0.2, 0.25) is 0 Å². The Morgan fingerprint density at radius 3 is 2.52 bits per heavy atom. The van der Waals surface area contributed by atoms with Crippen LogP contribution in [0.15, 0.2) is 24.3 Å². The first kappa shape index (κ1) is 16.5. The molecule has 1 N–H and O–H groups in total. The van der Waals surface area contributed by atoms with Gasteiger partial charge in [-0.2, -0.15) is 0 Å². The van der Waals surface area contributed by atoms with Gasteiger partial charge >= 0.3 is 5.97 Å². The molecule has 1 aromatic carbocycles. The van der Waals surface area contributed by atoms with Crippen molar-refractivity contribution >= 4 is 11.9 Å². The Balaban J connectivity index is 1.41. The molecular formula is C19H22FNO4. The van der Waals surface area contributed by atoms with Crippen LogP contribution < -0.4 is 0 Å². The molecule has 3 heterocycles. The molecule has 5 nitrogen and oxygen atoms in total. The lowest BCUT2D eigenvalue weighted by molar-refractivity contribution is -0.164. The number of carboxylic acid groups (broad SMARTS) is 1. The van der Waals surface area contributed by atoms with Crippen LogP contribution in [0.3, 0.4) is 0 Å². The second-order valence-corrected chi connectivity index (χ2v) is 7.69. The molecule has 1 saturated carbocycles. The number of rotatable bonds is 3. The van der Waals surface area contributed by atoms with Gasteiger partial charge in [-0.3, -0.25) is 9.59 Å². The second kappa shape index (κ2) is 5.80. The van der Waals surface area contributed by atoms with Crippen LogP contribution in [0.4, 0.5) is 4.39 Å². The van der Waals surface area contributed by atoms with Gasteiger partial charge in [0.25, 0.3) is 5.91 Å². The van der Waals surface area contributed by atoms with Gasteiger partial charge in [-0.15, -0.1) is 0 Å². The SMILES string of the molecule is O=C(O)C12COC(C(=O)N3CCCC(c4ccc(F)cc4)CC3)(C1)C2. The third-order valence-corrected chi connectivity index (χ3v) is 6.07. The van der Waals surface area contributed by atoms with E-state index in [1.165, 1.54) is 12.1 Å². The molecule has 134 valence electrons. The van der Waals surface area contributed by atoms with Crippen LogP contribution in [0.1, 0.15) is 43.6 Å². The number of amides is 1. The highest BCUT2D eigenvalue weighted by Gasteiger charge is 2.70. The fraction of sp³-hybridized carbons (Fsp3) is 0.579. The first-order valence-electron chi connectivity index (χ1n) is 8.86. The number of carboxylic acids is 1. The summed E-state index contributed by atoms with van der Waals surface area (Å²) >= 11 is 0. The average molecular weight is 347 g/mol. The molecule has 1 aromatic rings. The molecule has 3 saturated heterocycles. The summed E-state index contributed by atoms with van der Waals surface area (Å²) in [6, 6.07) is 6.61. The van der Waals surface area contributed by atoms with Crippen molar-refractivity contribution in [3.05, 3.63) is 35.6 Å². The van der Waals surface area contributed by atoms with E-state index in [0.29, 0.717) is 31.8 Å². The largest absolute Gasteiger partial charge is 0.481 e. The fourth-order valence-electron chi connectivity index (χ4n) is 4.60. The number of likely N-dealkylation sites (tertiary alicyclic amines) is 1. The zero-order chi connectivity index (χ0) is 17.7. The molecule has 1 atom stereocenters. The van der Waals surface area contributed by atoms with E-state index in [1.807, 2.05) is 17.0 Å². The van der Waals surface area contributed by atoms with E-state index in [-0.39, 0.29) is 18.3 Å². The number of carbonyl (C=O) groups excluding carboxylic acids is 1. The summed E-state index contributed by atoms with van der Waals surface area (Å²) < 4.78 is 18.7. The number of benzene rings is 1. The van der Waals surface area contributed by atoms with Crippen LogP contribution in [0, 0.1) is 11.2 Å². The van der Waals surface area contributed by atoms with Crippen molar-refractivity contribution < 1.29 is 23.8 Å².